The van der Waals surface area contributed by atoms with Gasteiger partial charge in [0.1, 0.15) is 12.6 Å². The van der Waals surface area contributed by atoms with E-state index in [1.54, 1.807) is 26.2 Å². The molecule has 2 fully saturated rings. The average molecular weight is 504 g/mol. The number of carbonyl (C=O) groups excluding carboxylic acids is 2. The molecule has 0 radical (unpaired) electrons. The molecule has 0 spiro atoms. The number of amides is 2. The van der Waals surface area contributed by atoms with E-state index >= 15 is 0 Å². The Balaban J connectivity index is 1.52. The molecule has 1 aromatic heterocycles. The van der Waals surface area contributed by atoms with E-state index in [1.807, 2.05) is 35.2 Å². The Hall–Kier alpha value is -3.68. The highest BCUT2D eigenvalue weighted by atomic mass is 16.5. The zero-order valence-corrected chi connectivity index (χ0v) is 21.6. The molecule has 2 amide bonds. The number of nitrogens with zero attached hydrogens (tertiary/aromatic N) is 2. The molecule has 0 bridgehead atoms. The fourth-order valence-corrected chi connectivity index (χ4v) is 6.59. The molecule has 2 aromatic carbocycles. The molecule has 1 saturated carbocycles. The molecule has 8 heteroatoms. The van der Waals surface area contributed by atoms with Crippen LogP contribution in [0, 0.1) is 0 Å². The van der Waals surface area contributed by atoms with E-state index in [2.05, 4.69) is 11.1 Å². The minimum absolute atomic E-state index is 0.0294. The summed E-state index contributed by atoms with van der Waals surface area (Å²) in [5, 5.41) is 1.09. The van der Waals surface area contributed by atoms with Crippen molar-refractivity contribution in [3.63, 3.8) is 0 Å². The van der Waals surface area contributed by atoms with Crippen LogP contribution in [-0.2, 0) is 16.0 Å². The van der Waals surface area contributed by atoms with E-state index in [4.69, 9.17) is 14.2 Å². The fourth-order valence-electron chi connectivity index (χ4n) is 6.59. The van der Waals surface area contributed by atoms with Crippen molar-refractivity contribution in [1.29, 1.82) is 0 Å². The molecule has 37 heavy (non-hydrogen) atoms. The first-order valence-electron chi connectivity index (χ1n) is 13.1. The summed E-state index contributed by atoms with van der Waals surface area (Å²) in [6.07, 6.45) is 5.86. The number of benzene rings is 2. The number of fused-ring (bicyclic) bond motifs is 4. The highest BCUT2D eigenvalue weighted by Gasteiger charge is 2.49. The Morgan fingerprint density at radius 1 is 0.919 bits per heavy atom. The molecule has 1 aliphatic carbocycles. The second-order valence-electron chi connectivity index (χ2n) is 10.2. The number of rotatable bonds is 5. The lowest BCUT2D eigenvalue weighted by Crippen LogP contribution is -2.65. The number of H-pyrrole nitrogens is 1. The lowest BCUT2D eigenvalue weighted by molar-refractivity contribution is -0.161. The van der Waals surface area contributed by atoms with Crippen LogP contribution in [0.4, 0.5) is 0 Å². The van der Waals surface area contributed by atoms with E-state index in [0.29, 0.717) is 23.7 Å². The van der Waals surface area contributed by atoms with Gasteiger partial charge in [0, 0.05) is 29.1 Å². The molecule has 3 heterocycles. The monoisotopic (exact) mass is 503 g/mol. The predicted octanol–water partition coefficient (Wildman–Crippen LogP) is 4.21. The third kappa shape index (κ3) is 3.72. The van der Waals surface area contributed by atoms with Crippen molar-refractivity contribution in [1.82, 2.24) is 14.8 Å². The van der Waals surface area contributed by atoms with Gasteiger partial charge in [-0.2, -0.15) is 0 Å². The van der Waals surface area contributed by atoms with Gasteiger partial charge in [-0.05, 0) is 42.2 Å². The molecular formula is C29H33N3O5. The van der Waals surface area contributed by atoms with Crippen molar-refractivity contribution < 1.29 is 23.8 Å². The Bertz CT molecular complexity index is 1330. The van der Waals surface area contributed by atoms with Gasteiger partial charge in [-0.25, -0.2) is 0 Å². The van der Waals surface area contributed by atoms with Crippen molar-refractivity contribution in [3.8, 4) is 17.2 Å². The smallest absolute Gasteiger partial charge is 0.246 e. The number of para-hydroxylation sites is 1. The third-order valence-corrected chi connectivity index (χ3v) is 8.31. The molecule has 1 N–H and O–H groups in total. The number of ether oxygens (including phenoxy) is 3. The lowest BCUT2D eigenvalue weighted by atomic mass is 9.85. The fraction of sp³-hybridized carbons (Fsp3) is 0.448. The van der Waals surface area contributed by atoms with Crippen LogP contribution in [-0.4, -0.2) is 66.6 Å². The van der Waals surface area contributed by atoms with Crippen LogP contribution in [0.15, 0.2) is 36.4 Å². The molecule has 1 saturated heterocycles. The van der Waals surface area contributed by atoms with Crippen molar-refractivity contribution in [2.24, 2.45) is 0 Å². The van der Waals surface area contributed by atoms with Gasteiger partial charge in [-0.3, -0.25) is 9.59 Å². The number of aromatic amines is 1. The number of aromatic nitrogens is 1. The number of hydrogen-bond donors (Lipinski definition) is 1. The Kier molecular flexibility index (Phi) is 5.97. The zero-order valence-electron chi connectivity index (χ0n) is 21.6. The van der Waals surface area contributed by atoms with Crippen LogP contribution < -0.4 is 14.2 Å². The van der Waals surface area contributed by atoms with Crippen molar-refractivity contribution in [3.05, 3.63) is 53.2 Å². The molecule has 3 aliphatic rings. The topological polar surface area (TPSA) is 84.1 Å². The molecule has 3 aromatic rings. The minimum atomic E-state index is -0.557. The predicted molar refractivity (Wildman–Crippen MR) is 139 cm³/mol. The maximum absolute atomic E-state index is 14.0. The highest BCUT2D eigenvalue weighted by molar-refractivity contribution is 5.98. The van der Waals surface area contributed by atoms with Crippen molar-refractivity contribution in [2.75, 3.05) is 27.9 Å². The summed E-state index contributed by atoms with van der Waals surface area (Å²) in [6, 6.07) is 11.0. The maximum Gasteiger partial charge on any atom is 0.246 e. The summed E-state index contributed by atoms with van der Waals surface area (Å²) < 4.78 is 16.8. The molecule has 1 unspecified atom stereocenters. The first kappa shape index (κ1) is 23.7. The third-order valence-electron chi connectivity index (χ3n) is 8.31. The Labute approximate surface area is 216 Å². The minimum Gasteiger partial charge on any atom is -0.493 e. The van der Waals surface area contributed by atoms with Crippen LogP contribution >= 0.6 is 0 Å². The van der Waals surface area contributed by atoms with E-state index in [0.717, 1.165) is 53.4 Å². The Morgan fingerprint density at radius 3 is 2.30 bits per heavy atom. The summed E-state index contributed by atoms with van der Waals surface area (Å²) in [7, 11) is 4.73. The quantitative estimate of drug-likeness (QED) is 0.564. The standard InChI is InChI=1S/C29H33N3O5/c1-35-23-13-17(14-24(36-2)28(23)37-3)27-26-20(19-11-7-8-12-21(19)30-26)15-22-29(34)31(16-25(33)32(22)27)18-9-5-4-6-10-18/h7-8,11-14,18,22,27,30H,4-6,9-10,15-16H2,1-3H3/t22-,27?/m0/s1. The first-order chi connectivity index (χ1) is 18.0. The van der Waals surface area contributed by atoms with Crippen molar-refractivity contribution in [2.45, 2.75) is 56.7 Å². The summed E-state index contributed by atoms with van der Waals surface area (Å²) >= 11 is 0. The van der Waals surface area contributed by atoms with Gasteiger partial charge < -0.3 is 29.0 Å². The zero-order chi connectivity index (χ0) is 25.7. The second-order valence-corrected chi connectivity index (χ2v) is 10.2. The molecule has 2 atom stereocenters. The van der Waals surface area contributed by atoms with Crippen LogP contribution in [0.5, 0.6) is 17.2 Å². The number of nitrogens with one attached hydrogen (secondary N) is 1. The van der Waals surface area contributed by atoms with Gasteiger partial charge in [-0.15, -0.1) is 0 Å². The molecule has 6 rings (SSSR count). The lowest BCUT2D eigenvalue weighted by Gasteiger charge is -2.49. The summed E-state index contributed by atoms with van der Waals surface area (Å²) in [5.41, 5.74) is 3.81. The first-order valence-corrected chi connectivity index (χ1v) is 13.1. The second kappa shape index (κ2) is 9.32. The van der Waals surface area contributed by atoms with E-state index in [1.165, 1.54) is 6.42 Å². The molecule has 8 nitrogen and oxygen atoms in total. The van der Waals surface area contributed by atoms with Crippen LogP contribution in [0.3, 0.4) is 0 Å². The van der Waals surface area contributed by atoms with Gasteiger partial charge in [0.15, 0.2) is 11.5 Å². The molecular weight excluding hydrogens is 470 g/mol. The average Bonchev–Trinajstić information content (AvgIpc) is 3.31. The number of piperazine rings is 1. The number of hydrogen-bond acceptors (Lipinski definition) is 5. The van der Waals surface area contributed by atoms with Crippen LogP contribution in [0.2, 0.25) is 0 Å². The Morgan fingerprint density at radius 2 is 1.62 bits per heavy atom. The summed E-state index contributed by atoms with van der Waals surface area (Å²) in [6.45, 7) is 0.122. The van der Waals surface area contributed by atoms with E-state index in [9.17, 15) is 9.59 Å². The molecule has 2 aliphatic heterocycles. The molecule has 194 valence electrons. The highest BCUT2D eigenvalue weighted by Crippen LogP contribution is 2.47. The largest absolute Gasteiger partial charge is 0.493 e. The van der Waals surface area contributed by atoms with E-state index in [-0.39, 0.29) is 24.4 Å². The SMILES string of the molecule is COc1cc(C2c3[nH]c4ccccc4c3C[C@H]3C(=O)N(C4CCCCC4)CC(=O)N23)cc(OC)c1OC. The van der Waals surface area contributed by atoms with E-state index < -0.39 is 12.1 Å². The summed E-state index contributed by atoms with van der Waals surface area (Å²) in [5.74, 6) is 1.54. The number of methoxy groups -OCH3 is 3. The summed E-state index contributed by atoms with van der Waals surface area (Å²) in [4.78, 5) is 35.2. The van der Waals surface area contributed by atoms with Crippen LogP contribution in [0.25, 0.3) is 10.9 Å². The maximum atomic E-state index is 14.0. The van der Waals surface area contributed by atoms with Gasteiger partial charge >= 0.3 is 0 Å². The van der Waals surface area contributed by atoms with Gasteiger partial charge in [0.2, 0.25) is 17.6 Å². The van der Waals surface area contributed by atoms with Crippen molar-refractivity contribution >= 4 is 22.7 Å². The van der Waals surface area contributed by atoms with Gasteiger partial charge in [0.05, 0.1) is 27.4 Å². The normalized spacial score (nSPS) is 22.1. The number of carbonyl (C=O) groups is 2. The van der Waals surface area contributed by atoms with Gasteiger partial charge in [0.25, 0.3) is 0 Å². The van der Waals surface area contributed by atoms with Gasteiger partial charge in [-0.1, -0.05) is 37.5 Å². The van der Waals surface area contributed by atoms with Crippen LogP contribution in [0.1, 0.15) is 55.0 Å².